The summed E-state index contributed by atoms with van der Waals surface area (Å²) in [5, 5.41) is 0. The number of rotatable bonds is 3. The van der Waals surface area contributed by atoms with E-state index in [-0.39, 0.29) is 11.3 Å². The van der Waals surface area contributed by atoms with Crippen molar-refractivity contribution in [1.82, 2.24) is 0 Å². The molecule has 2 saturated carbocycles. The number of alkyl halides is 3. The second kappa shape index (κ2) is 4.65. The lowest BCUT2D eigenvalue weighted by Crippen LogP contribution is -2.46. The molecule has 3 rings (SSSR count). The zero-order valence-corrected chi connectivity index (χ0v) is 11.1. The van der Waals surface area contributed by atoms with Crippen LogP contribution in [-0.2, 0) is 6.42 Å². The molecule has 20 heavy (non-hydrogen) atoms. The highest BCUT2D eigenvalue weighted by atomic mass is 19.4. The number of ether oxygens (including phenoxy) is 1. The molecular weight excluding hydrogens is 267 g/mol. The number of fused-ring (bicyclic) bond motifs is 2. The summed E-state index contributed by atoms with van der Waals surface area (Å²) in [6.07, 6.45) is 0.824. The average Bonchev–Trinajstić information content (AvgIpc) is 2.89. The molecule has 2 N–H and O–H groups in total. The first kappa shape index (κ1) is 13.7. The summed E-state index contributed by atoms with van der Waals surface area (Å²) in [6.45, 7) is 0. The molecule has 2 aliphatic rings. The number of hydrogen-bond acceptors (Lipinski definition) is 2. The van der Waals surface area contributed by atoms with E-state index in [1.54, 1.807) is 12.1 Å². The molecule has 0 aromatic heterocycles. The lowest BCUT2D eigenvalue weighted by Gasteiger charge is -2.34. The van der Waals surface area contributed by atoms with Gasteiger partial charge in [-0.15, -0.1) is 13.2 Å². The first-order chi connectivity index (χ1) is 9.34. The second-order valence-electron chi connectivity index (χ2n) is 6.18. The van der Waals surface area contributed by atoms with Crippen LogP contribution >= 0.6 is 0 Å². The van der Waals surface area contributed by atoms with E-state index in [1.807, 2.05) is 0 Å². The average molecular weight is 285 g/mol. The van der Waals surface area contributed by atoms with Crippen LogP contribution in [0.15, 0.2) is 24.3 Å². The molecule has 2 fully saturated rings. The van der Waals surface area contributed by atoms with E-state index in [1.165, 1.54) is 31.4 Å². The Morgan fingerprint density at radius 1 is 1.20 bits per heavy atom. The Morgan fingerprint density at radius 3 is 2.40 bits per heavy atom. The third kappa shape index (κ3) is 2.77. The van der Waals surface area contributed by atoms with Gasteiger partial charge in [-0.3, -0.25) is 0 Å². The summed E-state index contributed by atoms with van der Waals surface area (Å²) in [4.78, 5) is 0. The monoisotopic (exact) mass is 285 g/mol. The molecule has 0 aliphatic heterocycles. The smallest absolute Gasteiger partial charge is 0.406 e. The maximum absolute atomic E-state index is 12.1. The summed E-state index contributed by atoms with van der Waals surface area (Å²) in [7, 11) is 0. The van der Waals surface area contributed by atoms with Crippen molar-refractivity contribution in [3.8, 4) is 5.75 Å². The van der Waals surface area contributed by atoms with Gasteiger partial charge in [-0.05, 0) is 55.2 Å². The Labute approximate surface area is 116 Å². The van der Waals surface area contributed by atoms with Gasteiger partial charge < -0.3 is 10.5 Å². The quantitative estimate of drug-likeness (QED) is 0.920. The van der Waals surface area contributed by atoms with Crippen LogP contribution in [0.4, 0.5) is 13.2 Å². The van der Waals surface area contributed by atoms with Gasteiger partial charge in [0.15, 0.2) is 0 Å². The Hall–Kier alpha value is -1.23. The topological polar surface area (TPSA) is 35.2 Å². The molecular formula is C15H18F3NO. The number of halogens is 3. The molecule has 0 spiro atoms. The van der Waals surface area contributed by atoms with E-state index < -0.39 is 6.36 Å². The summed E-state index contributed by atoms with van der Waals surface area (Å²) in [5.74, 6) is 1.14. The standard InChI is InChI=1S/C15H18F3NO/c16-15(17,18)20-13-5-2-10(3-6-13)8-14(19)9-11-1-4-12(14)7-11/h2-3,5-6,11-12H,1,4,7-9,19H2. The van der Waals surface area contributed by atoms with Gasteiger partial charge in [-0.2, -0.15) is 0 Å². The van der Waals surface area contributed by atoms with Crippen LogP contribution in [0, 0.1) is 11.8 Å². The summed E-state index contributed by atoms with van der Waals surface area (Å²) >= 11 is 0. The Morgan fingerprint density at radius 2 is 1.90 bits per heavy atom. The third-order valence-electron chi connectivity index (χ3n) is 4.71. The molecule has 0 heterocycles. The fourth-order valence-corrected chi connectivity index (χ4v) is 3.89. The van der Waals surface area contributed by atoms with Gasteiger partial charge in [0.1, 0.15) is 5.75 Å². The highest BCUT2D eigenvalue weighted by Gasteiger charge is 2.48. The Kier molecular flexibility index (Phi) is 3.20. The summed E-state index contributed by atoms with van der Waals surface area (Å²) in [6, 6.07) is 6.09. The minimum Gasteiger partial charge on any atom is -0.406 e. The zero-order chi connectivity index (χ0) is 14.4. The van der Waals surface area contributed by atoms with Crippen LogP contribution < -0.4 is 10.5 Å². The molecule has 110 valence electrons. The Bertz CT molecular complexity index is 485. The van der Waals surface area contributed by atoms with Crippen molar-refractivity contribution < 1.29 is 17.9 Å². The van der Waals surface area contributed by atoms with E-state index in [0.717, 1.165) is 24.3 Å². The van der Waals surface area contributed by atoms with Gasteiger partial charge >= 0.3 is 6.36 Å². The number of nitrogens with two attached hydrogens (primary N) is 1. The van der Waals surface area contributed by atoms with Gasteiger partial charge in [-0.25, -0.2) is 0 Å². The molecule has 3 atom stereocenters. The maximum Gasteiger partial charge on any atom is 0.573 e. The molecule has 5 heteroatoms. The molecule has 2 nitrogen and oxygen atoms in total. The minimum atomic E-state index is -4.64. The highest BCUT2D eigenvalue weighted by Crippen LogP contribution is 2.50. The molecule has 0 saturated heterocycles. The van der Waals surface area contributed by atoms with Crippen molar-refractivity contribution in [2.24, 2.45) is 17.6 Å². The second-order valence-corrected chi connectivity index (χ2v) is 6.18. The predicted octanol–water partition coefficient (Wildman–Crippen LogP) is 3.65. The van der Waals surface area contributed by atoms with Crippen LogP contribution in [0.3, 0.4) is 0 Å². The molecule has 1 aromatic carbocycles. The maximum atomic E-state index is 12.1. The normalized spacial score (nSPS) is 32.6. The largest absolute Gasteiger partial charge is 0.573 e. The van der Waals surface area contributed by atoms with Crippen molar-refractivity contribution in [2.45, 2.75) is 44.0 Å². The van der Waals surface area contributed by atoms with Gasteiger partial charge in [0.2, 0.25) is 0 Å². The fourth-order valence-electron chi connectivity index (χ4n) is 3.89. The van der Waals surface area contributed by atoms with Crippen LogP contribution in [0.2, 0.25) is 0 Å². The summed E-state index contributed by atoms with van der Waals surface area (Å²) in [5.41, 5.74) is 7.31. The van der Waals surface area contributed by atoms with Gasteiger partial charge in [0.05, 0.1) is 0 Å². The molecule has 3 unspecified atom stereocenters. The van der Waals surface area contributed by atoms with E-state index in [4.69, 9.17) is 5.73 Å². The number of hydrogen-bond donors (Lipinski definition) is 1. The van der Waals surface area contributed by atoms with Crippen molar-refractivity contribution in [1.29, 1.82) is 0 Å². The van der Waals surface area contributed by atoms with Crippen molar-refractivity contribution in [3.05, 3.63) is 29.8 Å². The third-order valence-corrected chi connectivity index (χ3v) is 4.71. The van der Waals surface area contributed by atoms with Crippen molar-refractivity contribution >= 4 is 0 Å². The van der Waals surface area contributed by atoms with Crippen LogP contribution in [-0.4, -0.2) is 11.9 Å². The van der Waals surface area contributed by atoms with E-state index in [0.29, 0.717) is 5.92 Å². The van der Waals surface area contributed by atoms with Gasteiger partial charge in [-0.1, -0.05) is 18.6 Å². The first-order valence-corrected chi connectivity index (χ1v) is 6.98. The zero-order valence-electron chi connectivity index (χ0n) is 11.1. The molecule has 1 aromatic rings. The van der Waals surface area contributed by atoms with Crippen LogP contribution in [0.1, 0.15) is 31.2 Å². The van der Waals surface area contributed by atoms with E-state index in [2.05, 4.69) is 4.74 Å². The fraction of sp³-hybridized carbons (Fsp3) is 0.600. The van der Waals surface area contributed by atoms with Crippen LogP contribution in [0.25, 0.3) is 0 Å². The SMILES string of the molecule is NC1(Cc2ccc(OC(F)(F)F)cc2)CC2CCC1C2. The molecule has 2 aliphatic carbocycles. The first-order valence-electron chi connectivity index (χ1n) is 6.98. The Balaban J connectivity index is 1.67. The van der Waals surface area contributed by atoms with E-state index in [9.17, 15) is 13.2 Å². The molecule has 0 radical (unpaired) electrons. The van der Waals surface area contributed by atoms with Gasteiger partial charge in [0.25, 0.3) is 0 Å². The number of benzene rings is 1. The van der Waals surface area contributed by atoms with Crippen molar-refractivity contribution in [2.75, 3.05) is 0 Å². The molecule has 2 bridgehead atoms. The van der Waals surface area contributed by atoms with Crippen molar-refractivity contribution in [3.63, 3.8) is 0 Å². The molecule has 0 amide bonds. The summed E-state index contributed by atoms with van der Waals surface area (Å²) < 4.78 is 40.1. The minimum absolute atomic E-state index is 0.171. The predicted molar refractivity (Wildman–Crippen MR) is 69.2 cm³/mol. The van der Waals surface area contributed by atoms with E-state index >= 15 is 0 Å². The van der Waals surface area contributed by atoms with Gasteiger partial charge in [0, 0.05) is 5.54 Å². The highest BCUT2D eigenvalue weighted by molar-refractivity contribution is 5.29. The van der Waals surface area contributed by atoms with Crippen LogP contribution in [0.5, 0.6) is 5.75 Å². The lowest BCUT2D eigenvalue weighted by atomic mass is 9.77. The lowest BCUT2D eigenvalue weighted by molar-refractivity contribution is -0.274.